The predicted octanol–water partition coefficient (Wildman–Crippen LogP) is 1.28. The third-order valence-electron chi connectivity index (χ3n) is 1.28. The summed E-state index contributed by atoms with van der Waals surface area (Å²) in [6.45, 7) is 2.73. The Bertz CT molecular complexity index is 269. The average molecular weight is 174 g/mol. The van der Waals surface area contributed by atoms with Crippen molar-refractivity contribution in [1.29, 1.82) is 0 Å². The van der Waals surface area contributed by atoms with Crippen LogP contribution in [0.1, 0.15) is 12.5 Å². The number of aryl methyl sites for hydroxylation is 1. The molecule has 4 nitrogen and oxygen atoms in total. The normalized spacial score (nSPS) is 12.0. The summed E-state index contributed by atoms with van der Waals surface area (Å²) >= 11 is 5.51. The van der Waals surface area contributed by atoms with Crippen LogP contribution in [-0.2, 0) is 6.54 Å². The molecule has 0 unspecified atom stereocenters. The van der Waals surface area contributed by atoms with E-state index in [-0.39, 0.29) is 5.17 Å². The van der Waals surface area contributed by atoms with Crippen LogP contribution < -0.4 is 0 Å². The van der Waals surface area contributed by atoms with Crippen molar-refractivity contribution >= 4 is 16.8 Å². The van der Waals surface area contributed by atoms with Crippen molar-refractivity contribution < 1.29 is 5.21 Å². The van der Waals surface area contributed by atoms with Gasteiger partial charge in [-0.15, -0.1) is 0 Å². The highest BCUT2D eigenvalue weighted by Crippen LogP contribution is 2.02. The van der Waals surface area contributed by atoms with Crippen LogP contribution in [0.25, 0.3) is 0 Å². The molecule has 0 fully saturated rings. The van der Waals surface area contributed by atoms with Gasteiger partial charge in [0.1, 0.15) is 0 Å². The molecule has 1 heterocycles. The molecular formula is C6H8ClN3O. The zero-order valence-electron chi connectivity index (χ0n) is 6.03. The largest absolute Gasteiger partial charge is 0.410 e. The Hall–Kier alpha value is -1.03. The van der Waals surface area contributed by atoms with E-state index in [0.29, 0.717) is 5.56 Å². The van der Waals surface area contributed by atoms with Gasteiger partial charge in [-0.05, 0) is 6.92 Å². The number of halogens is 1. The molecule has 0 aromatic carbocycles. The van der Waals surface area contributed by atoms with E-state index < -0.39 is 0 Å². The minimum Gasteiger partial charge on any atom is -0.410 e. The third kappa shape index (κ3) is 1.71. The summed E-state index contributed by atoms with van der Waals surface area (Å²) in [6.07, 6.45) is 3.26. The molecule has 11 heavy (non-hydrogen) atoms. The van der Waals surface area contributed by atoms with Crippen LogP contribution in [0.5, 0.6) is 0 Å². The second kappa shape index (κ2) is 3.39. The summed E-state index contributed by atoms with van der Waals surface area (Å²) in [5, 5.41) is 15.1. The SMILES string of the molecule is CCn1cc(C(Cl)=NO)cn1. The van der Waals surface area contributed by atoms with Crippen LogP contribution in [0.2, 0.25) is 0 Å². The highest BCUT2D eigenvalue weighted by Gasteiger charge is 2.02. The van der Waals surface area contributed by atoms with Crippen molar-refractivity contribution in [3.8, 4) is 0 Å². The molecule has 0 aliphatic heterocycles. The average Bonchev–Trinajstić information content (AvgIpc) is 2.50. The fraction of sp³-hybridized carbons (Fsp3) is 0.333. The molecule has 1 aromatic heterocycles. The molecule has 0 saturated heterocycles. The van der Waals surface area contributed by atoms with Crippen LogP contribution >= 0.6 is 11.6 Å². The van der Waals surface area contributed by atoms with Gasteiger partial charge >= 0.3 is 0 Å². The van der Waals surface area contributed by atoms with E-state index in [4.69, 9.17) is 16.8 Å². The summed E-state index contributed by atoms with van der Waals surface area (Å²) in [7, 11) is 0. The van der Waals surface area contributed by atoms with Crippen molar-refractivity contribution in [1.82, 2.24) is 9.78 Å². The van der Waals surface area contributed by atoms with Gasteiger partial charge in [0, 0.05) is 12.7 Å². The Kier molecular flexibility index (Phi) is 2.48. The molecule has 0 aliphatic carbocycles. The number of oxime groups is 1. The van der Waals surface area contributed by atoms with Crippen LogP contribution in [0.3, 0.4) is 0 Å². The van der Waals surface area contributed by atoms with Gasteiger partial charge < -0.3 is 5.21 Å². The maximum Gasteiger partial charge on any atom is 0.178 e. The first-order valence-corrected chi connectivity index (χ1v) is 3.56. The van der Waals surface area contributed by atoms with Gasteiger partial charge in [-0.3, -0.25) is 4.68 Å². The lowest BCUT2D eigenvalue weighted by molar-refractivity contribution is 0.321. The van der Waals surface area contributed by atoms with E-state index in [1.54, 1.807) is 17.1 Å². The summed E-state index contributed by atoms with van der Waals surface area (Å²) in [5.74, 6) is 0. The van der Waals surface area contributed by atoms with E-state index >= 15 is 0 Å². The van der Waals surface area contributed by atoms with E-state index in [9.17, 15) is 0 Å². The van der Waals surface area contributed by atoms with E-state index in [1.807, 2.05) is 6.92 Å². The number of aromatic nitrogens is 2. The fourth-order valence-electron chi connectivity index (χ4n) is 0.701. The molecule has 1 rings (SSSR count). The molecule has 0 amide bonds. The molecule has 1 N–H and O–H groups in total. The predicted molar refractivity (Wildman–Crippen MR) is 42.1 cm³/mol. The quantitative estimate of drug-likeness (QED) is 0.416. The lowest BCUT2D eigenvalue weighted by atomic mass is 10.4. The minimum absolute atomic E-state index is 0.0599. The summed E-state index contributed by atoms with van der Waals surface area (Å²) in [5.41, 5.74) is 0.621. The second-order valence-electron chi connectivity index (χ2n) is 1.98. The number of hydrogen-bond donors (Lipinski definition) is 1. The van der Waals surface area contributed by atoms with Gasteiger partial charge in [0.25, 0.3) is 0 Å². The Labute approximate surface area is 69.1 Å². The Morgan fingerprint density at radius 3 is 3.09 bits per heavy atom. The van der Waals surface area contributed by atoms with Gasteiger partial charge in [0.15, 0.2) is 5.17 Å². The topological polar surface area (TPSA) is 50.4 Å². The summed E-state index contributed by atoms with van der Waals surface area (Å²) in [4.78, 5) is 0. The Balaban J connectivity index is 2.89. The van der Waals surface area contributed by atoms with Gasteiger partial charge in [-0.1, -0.05) is 16.8 Å². The molecule has 0 spiro atoms. The highest BCUT2D eigenvalue weighted by atomic mass is 35.5. The van der Waals surface area contributed by atoms with E-state index in [1.165, 1.54) is 0 Å². The molecule has 0 aliphatic rings. The summed E-state index contributed by atoms with van der Waals surface area (Å²) < 4.78 is 1.70. The molecule has 0 atom stereocenters. The number of hydrogen-bond acceptors (Lipinski definition) is 3. The van der Waals surface area contributed by atoms with E-state index in [2.05, 4.69) is 10.3 Å². The molecular weight excluding hydrogens is 166 g/mol. The first-order valence-electron chi connectivity index (χ1n) is 3.18. The maximum atomic E-state index is 8.29. The highest BCUT2D eigenvalue weighted by molar-refractivity contribution is 6.69. The molecule has 0 saturated carbocycles. The maximum absolute atomic E-state index is 8.29. The van der Waals surface area contributed by atoms with Gasteiger partial charge in [-0.25, -0.2) is 0 Å². The van der Waals surface area contributed by atoms with Crippen molar-refractivity contribution in [2.24, 2.45) is 5.16 Å². The Morgan fingerprint density at radius 1 is 1.91 bits per heavy atom. The number of nitrogens with zero attached hydrogens (tertiary/aromatic N) is 3. The molecule has 5 heteroatoms. The molecule has 1 aromatic rings. The molecule has 0 bridgehead atoms. The van der Waals surface area contributed by atoms with Gasteiger partial charge in [-0.2, -0.15) is 5.10 Å². The lowest BCUT2D eigenvalue weighted by Crippen LogP contribution is -1.93. The van der Waals surface area contributed by atoms with Gasteiger partial charge in [0.05, 0.1) is 11.8 Å². The molecule has 60 valence electrons. The smallest absolute Gasteiger partial charge is 0.178 e. The molecule has 0 radical (unpaired) electrons. The Morgan fingerprint density at radius 2 is 2.64 bits per heavy atom. The number of rotatable bonds is 2. The fourth-order valence-corrected chi connectivity index (χ4v) is 0.798. The van der Waals surface area contributed by atoms with Crippen molar-refractivity contribution in [2.45, 2.75) is 13.5 Å². The first-order chi connectivity index (χ1) is 5.27. The van der Waals surface area contributed by atoms with Crippen LogP contribution in [0.4, 0.5) is 0 Å². The zero-order valence-corrected chi connectivity index (χ0v) is 6.78. The lowest BCUT2D eigenvalue weighted by Gasteiger charge is -1.90. The minimum atomic E-state index is 0.0599. The van der Waals surface area contributed by atoms with Crippen LogP contribution in [0.15, 0.2) is 17.5 Å². The second-order valence-corrected chi connectivity index (χ2v) is 2.33. The monoisotopic (exact) mass is 173 g/mol. The van der Waals surface area contributed by atoms with Crippen molar-refractivity contribution in [3.05, 3.63) is 18.0 Å². The van der Waals surface area contributed by atoms with Crippen LogP contribution in [0, 0.1) is 0 Å². The van der Waals surface area contributed by atoms with Crippen molar-refractivity contribution in [3.63, 3.8) is 0 Å². The summed E-state index contributed by atoms with van der Waals surface area (Å²) in [6, 6.07) is 0. The van der Waals surface area contributed by atoms with E-state index in [0.717, 1.165) is 6.54 Å². The third-order valence-corrected chi connectivity index (χ3v) is 1.58. The van der Waals surface area contributed by atoms with Gasteiger partial charge in [0.2, 0.25) is 0 Å². The zero-order chi connectivity index (χ0) is 8.27. The standard InChI is InChI=1S/C6H8ClN3O/c1-2-10-4-5(3-8-10)6(7)9-11/h3-4,11H,2H2,1H3. The van der Waals surface area contributed by atoms with Crippen LogP contribution in [-0.4, -0.2) is 20.2 Å². The first kappa shape index (κ1) is 8.07. The van der Waals surface area contributed by atoms with Crippen molar-refractivity contribution in [2.75, 3.05) is 0 Å².